The zero-order chi connectivity index (χ0) is 15.0. The predicted octanol–water partition coefficient (Wildman–Crippen LogP) is 3.35. The van der Waals surface area contributed by atoms with E-state index in [4.69, 9.17) is 11.6 Å². The van der Waals surface area contributed by atoms with Gasteiger partial charge < -0.3 is 0 Å². The van der Waals surface area contributed by atoms with E-state index < -0.39 is 17.5 Å². The van der Waals surface area contributed by atoms with Crippen molar-refractivity contribution in [3.63, 3.8) is 0 Å². The lowest BCUT2D eigenvalue weighted by atomic mass is 10.2. The van der Waals surface area contributed by atoms with Crippen molar-refractivity contribution >= 4 is 28.5 Å². The quantitative estimate of drug-likeness (QED) is 0.738. The highest BCUT2D eigenvalue weighted by atomic mass is 35.5. The van der Waals surface area contributed by atoms with Crippen LogP contribution in [0.3, 0.4) is 0 Å². The van der Waals surface area contributed by atoms with Gasteiger partial charge in [-0.05, 0) is 24.3 Å². The highest BCUT2D eigenvalue weighted by Crippen LogP contribution is 2.20. The Morgan fingerprint density at radius 2 is 1.90 bits per heavy atom. The van der Waals surface area contributed by atoms with E-state index >= 15 is 0 Å². The molecule has 106 valence electrons. The number of aromatic nitrogens is 2. The molecule has 4 nitrogen and oxygen atoms in total. The molecule has 7 heteroatoms. The van der Waals surface area contributed by atoms with Crippen molar-refractivity contribution in [1.29, 1.82) is 0 Å². The summed E-state index contributed by atoms with van der Waals surface area (Å²) in [5, 5.41) is -0.171. The van der Waals surface area contributed by atoms with Crippen LogP contribution in [0.4, 0.5) is 8.78 Å². The van der Waals surface area contributed by atoms with Gasteiger partial charge in [-0.15, -0.1) is 0 Å². The SMILES string of the molecule is O=C(Nn1cnc2ccccc21)c1cc(F)c(F)cc1Cl. The molecule has 0 saturated carbocycles. The van der Waals surface area contributed by atoms with Crippen molar-refractivity contribution < 1.29 is 13.6 Å². The Labute approximate surface area is 122 Å². The molecule has 0 saturated heterocycles. The minimum Gasteiger partial charge on any atom is -0.267 e. The van der Waals surface area contributed by atoms with E-state index in [0.717, 1.165) is 12.1 Å². The van der Waals surface area contributed by atoms with Crippen LogP contribution in [-0.2, 0) is 0 Å². The summed E-state index contributed by atoms with van der Waals surface area (Å²) in [7, 11) is 0. The fraction of sp³-hybridized carbons (Fsp3) is 0. The van der Waals surface area contributed by atoms with E-state index in [-0.39, 0.29) is 10.6 Å². The number of amides is 1. The second kappa shape index (κ2) is 5.14. The molecule has 3 rings (SSSR count). The largest absolute Gasteiger partial charge is 0.271 e. The van der Waals surface area contributed by atoms with Gasteiger partial charge in [-0.3, -0.25) is 10.2 Å². The first-order valence-electron chi connectivity index (χ1n) is 5.94. The Kier molecular flexibility index (Phi) is 3.31. The number of nitrogens with zero attached hydrogens (tertiary/aromatic N) is 2. The van der Waals surface area contributed by atoms with Gasteiger partial charge in [0.1, 0.15) is 6.33 Å². The molecule has 0 unspecified atom stereocenters. The first-order chi connectivity index (χ1) is 10.1. The first kappa shape index (κ1) is 13.5. The van der Waals surface area contributed by atoms with Gasteiger partial charge in [-0.25, -0.2) is 18.4 Å². The monoisotopic (exact) mass is 307 g/mol. The molecular formula is C14H8ClF2N3O. The van der Waals surface area contributed by atoms with Crippen LogP contribution < -0.4 is 5.43 Å². The molecule has 0 aliphatic carbocycles. The zero-order valence-corrected chi connectivity index (χ0v) is 11.2. The summed E-state index contributed by atoms with van der Waals surface area (Å²) >= 11 is 5.76. The Balaban J connectivity index is 1.95. The van der Waals surface area contributed by atoms with Crippen LogP contribution in [0.5, 0.6) is 0 Å². The number of carbonyl (C=O) groups is 1. The molecule has 1 aromatic heterocycles. The van der Waals surface area contributed by atoms with Gasteiger partial charge in [0.15, 0.2) is 11.6 Å². The Bertz CT molecular complexity index is 847. The summed E-state index contributed by atoms with van der Waals surface area (Å²) in [6.45, 7) is 0. The average molecular weight is 308 g/mol. The summed E-state index contributed by atoms with van der Waals surface area (Å²) in [5.74, 6) is -2.91. The predicted molar refractivity (Wildman–Crippen MR) is 74.8 cm³/mol. The molecule has 2 aromatic carbocycles. The van der Waals surface area contributed by atoms with Crippen molar-refractivity contribution in [3.8, 4) is 0 Å². The van der Waals surface area contributed by atoms with E-state index in [9.17, 15) is 13.6 Å². The third kappa shape index (κ3) is 2.45. The Hall–Kier alpha value is -2.47. The van der Waals surface area contributed by atoms with Crippen molar-refractivity contribution in [2.45, 2.75) is 0 Å². The second-order valence-corrected chi connectivity index (χ2v) is 4.70. The fourth-order valence-corrected chi connectivity index (χ4v) is 2.15. The van der Waals surface area contributed by atoms with Crippen LogP contribution in [0.25, 0.3) is 11.0 Å². The third-order valence-electron chi connectivity index (χ3n) is 2.93. The van der Waals surface area contributed by atoms with Crippen molar-refractivity contribution in [3.05, 3.63) is 64.9 Å². The van der Waals surface area contributed by atoms with Crippen LogP contribution >= 0.6 is 11.6 Å². The van der Waals surface area contributed by atoms with Crippen LogP contribution in [0.1, 0.15) is 10.4 Å². The number of carbonyl (C=O) groups excluding carboxylic acids is 1. The number of benzene rings is 2. The van der Waals surface area contributed by atoms with E-state index in [2.05, 4.69) is 10.4 Å². The maximum absolute atomic E-state index is 13.2. The standard InChI is InChI=1S/C14H8ClF2N3O/c15-9-6-11(17)10(16)5-8(9)14(21)19-20-7-18-12-3-1-2-4-13(12)20/h1-7H,(H,19,21). The summed E-state index contributed by atoms with van der Waals surface area (Å²) in [6.07, 6.45) is 1.41. The summed E-state index contributed by atoms with van der Waals surface area (Å²) in [4.78, 5) is 16.2. The molecule has 3 aromatic rings. The lowest BCUT2D eigenvalue weighted by molar-refractivity contribution is 0.101. The minimum atomic E-state index is -1.14. The molecule has 0 fully saturated rings. The summed E-state index contributed by atoms with van der Waals surface area (Å²) in [6, 6.07) is 8.66. The van der Waals surface area contributed by atoms with Gasteiger partial charge in [0.2, 0.25) is 0 Å². The smallest absolute Gasteiger partial charge is 0.267 e. The van der Waals surface area contributed by atoms with Gasteiger partial charge in [0.05, 0.1) is 21.6 Å². The highest BCUT2D eigenvalue weighted by Gasteiger charge is 2.16. The Morgan fingerprint density at radius 3 is 2.71 bits per heavy atom. The number of halogens is 3. The number of rotatable bonds is 2. The number of hydrogen-bond acceptors (Lipinski definition) is 2. The maximum atomic E-state index is 13.2. The number of hydrogen-bond donors (Lipinski definition) is 1. The van der Waals surface area contributed by atoms with Crippen molar-refractivity contribution in [2.75, 3.05) is 5.43 Å². The molecule has 0 atom stereocenters. The minimum absolute atomic E-state index is 0.159. The van der Waals surface area contributed by atoms with Gasteiger partial charge in [-0.2, -0.15) is 0 Å². The molecule has 1 N–H and O–H groups in total. The molecule has 1 heterocycles. The van der Waals surface area contributed by atoms with E-state index in [0.29, 0.717) is 11.0 Å². The van der Waals surface area contributed by atoms with Crippen LogP contribution in [0.2, 0.25) is 5.02 Å². The highest BCUT2D eigenvalue weighted by molar-refractivity contribution is 6.34. The zero-order valence-electron chi connectivity index (χ0n) is 10.5. The molecular weight excluding hydrogens is 300 g/mol. The number of fused-ring (bicyclic) bond motifs is 1. The van der Waals surface area contributed by atoms with Crippen LogP contribution in [0, 0.1) is 11.6 Å². The number of imidazole rings is 1. The maximum Gasteiger partial charge on any atom is 0.271 e. The molecule has 0 aliphatic heterocycles. The van der Waals surface area contributed by atoms with Gasteiger partial charge in [0.25, 0.3) is 5.91 Å². The van der Waals surface area contributed by atoms with Crippen molar-refractivity contribution in [2.24, 2.45) is 0 Å². The fourth-order valence-electron chi connectivity index (χ4n) is 1.91. The molecule has 1 amide bonds. The van der Waals surface area contributed by atoms with Gasteiger partial charge in [-0.1, -0.05) is 23.7 Å². The first-order valence-corrected chi connectivity index (χ1v) is 6.32. The molecule has 0 radical (unpaired) electrons. The van der Waals surface area contributed by atoms with Crippen molar-refractivity contribution in [1.82, 2.24) is 9.66 Å². The number of para-hydroxylation sites is 2. The molecule has 0 aliphatic rings. The lowest BCUT2D eigenvalue weighted by Crippen LogP contribution is -2.22. The van der Waals surface area contributed by atoms with Gasteiger partial charge >= 0.3 is 0 Å². The van der Waals surface area contributed by atoms with Crippen LogP contribution in [0.15, 0.2) is 42.7 Å². The molecule has 0 spiro atoms. The van der Waals surface area contributed by atoms with E-state index in [1.54, 1.807) is 18.2 Å². The third-order valence-corrected chi connectivity index (χ3v) is 3.24. The average Bonchev–Trinajstić information content (AvgIpc) is 2.86. The normalized spacial score (nSPS) is 10.8. The van der Waals surface area contributed by atoms with Crippen LogP contribution in [-0.4, -0.2) is 15.6 Å². The summed E-state index contributed by atoms with van der Waals surface area (Å²) < 4.78 is 27.6. The van der Waals surface area contributed by atoms with E-state index in [1.165, 1.54) is 11.0 Å². The number of nitrogens with one attached hydrogen (secondary N) is 1. The summed E-state index contributed by atoms with van der Waals surface area (Å²) in [5.41, 5.74) is 3.71. The van der Waals surface area contributed by atoms with Gasteiger partial charge in [0, 0.05) is 0 Å². The second-order valence-electron chi connectivity index (χ2n) is 4.29. The molecule has 0 bridgehead atoms. The Morgan fingerprint density at radius 1 is 1.19 bits per heavy atom. The lowest BCUT2D eigenvalue weighted by Gasteiger charge is -2.08. The molecule has 21 heavy (non-hydrogen) atoms. The van der Waals surface area contributed by atoms with E-state index in [1.807, 2.05) is 6.07 Å². The topological polar surface area (TPSA) is 46.9 Å².